The number of para-hydroxylation sites is 1. The predicted molar refractivity (Wildman–Crippen MR) is 56.9 cm³/mol. The minimum Gasteiger partial charge on any atom is -0.321 e. The van der Waals surface area contributed by atoms with Crippen LogP contribution in [0.5, 0.6) is 0 Å². The van der Waals surface area contributed by atoms with E-state index >= 15 is 0 Å². The molecule has 1 atom stereocenters. The van der Waals surface area contributed by atoms with E-state index in [9.17, 15) is 13.6 Å². The van der Waals surface area contributed by atoms with E-state index in [4.69, 9.17) is 0 Å². The standard InChI is InChI=1S/C12H13F2NO/c1-7(8-5-6-8)12(16)15-11-9(13)3-2-4-10(11)14/h2-4,7-8H,5-6H2,1H3,(H,15,16). The Morgan fingerprint density at radius 2 is 1.94 bits per heavy atom. The summed E-state index contributed by atoms with van der Waals surface area (Å²) in [6, 6.07) is 3.52. The summed E-state index contributed by atoms with van der Waals surface area (Å²) in [5, 5.41) is 2.31. The van der Waals surface area contributed by atoms with E-state index in [2.05, 4.69) is 5.32 Å². The van der Waals surface area contributed by atoms with Crippen molar-refractivity contribution in [3.8, 4) is 0 Å². The highest BCUT2D eigenvalue weighted by molar-refractivity contribution is 5.92. The van der Waals surface area contributed by atoms with Crippen LogP contribution in [-0.2, 0) is 4.79 Å². The second kappa shape index (κ2) is 4.20. The van der Waals surface area contributed by atoms with Crippen molar-refractivity contribution < 1.29 is 13.6 Å². The molecule has 0 aliphatic heterocycles. The third-order valence-corrected chi connectivity index (χ3v) is 2.95. The molecule has 1 N–H and O–H groups in total. The molecule has 1 amide bonds. The molecule has 0 heterocycles. The van der Waals surface area contributed by atoms with Gasteiger partial charge in [0.2, 0.25) is 5.91 Å². The number of carbonyl (C=O) groups is 1. The summed E-state index contributed by atoms with van der Waals surface area (Å²) in [5.41, 5.74) is -0.347. The Balaban J connectivity index is 2.10. The molecule has 1 saturated carbocycles. The first-order valence-corrected chi connectivity index (χ1v) is 5.34. The van der Waals surface area contributed by atoms with Gasteiger partial charge in [-0.15, -0.1) is 0 Å². The van der Waals surface area contributed by atoms with E-state index in [1.54, 1.807) is 6.92 Å². The molecule has 0 bridgehead atoms. The normalized spacial score (nSPS) is 16.9. The quantitative estimate of drug-likeness (QED) is 0.841. The van der Waals surface area contributed by atoms with Gasteiger partial charge in [0.25, 0.3) is 0 Å². The van der Waals surface area contributed by atoms with Crippen LogP contribution >= 0.6 is 0 Å². The molecule has 2 nitrogen and oxygen atoms in total. The number of rotatable bonds is 3. The second-order valence-corrected chi connectivity index (χ2v) is 4.21. The van der Waals surface area contributed by atoms with Crippen molar-refractivity contribution in [3.63, 3.8) is 0 Å². The van der Waals surface area contributed by atoms with Crippen molar-refractivity contribution in [2.75, 3.05) is 5.32 Å². The molecule has 86 valence electrons. The first-order valence-electron chi connectivity index (χ1n) is 5.34. The van der Waals surface area contributed by atoms with Crippen LogP contribution in [0.2, 0.25) is 0 Å². The van der Waals surface area contributed by atoms with Crippen molar-refractivity contribution in [2.24, 2.45) is 11.8 Å². The molecule has 0 radical (unpaired) electrons. The van der Waals surface area contributed by atoms with Crippen molar-refractivity contribution in [1.82, 2.24) is 0 Å². The van der Waals surface area contributed by atoms with Gasteiger partial charge in [0.1, 0.15) is 17.3 Å². The number of carbonyl (C=O) groups excluding carboxylic acids is 1. The maximum atomic E-state index is 13.2. The Bertz CT molecular complexity index is 395. The maximum Gasteiger partial charge on any atom is 0.227 e. The number of halogens is 2. The average Bonchev–Trinajstić information content (AvgIpc) is 3.06. The van der Waals surface area contributed by atoms with E-state index in [0.29, 0.717) is 5.92 Å². The predicted octanol–water partition coefficient (Wildman–Crippen LogP) is 2.95. The Labute approximate surface area is 92.7 Å². The summed E-state index contributed by atoms with van der Waals surface area (Å²) >= 11 is 0. The van der Waals surface area contributed by atoms with E-state index < -0.39 is 11.6 Å². The molecule has 2 rings (SSSR count). The van der Waals surface area contributed by atoms with Gasteiger partial charge in [-0.2, -0.15) is 0 Å². The Hall–Kier alpha value is -1.45. The molecular weight excluding hydrogens is 212 g/mol. The van der Waals surface area contributed by atoms with Gasteiger partial charge in [0, 0.05) is 5.92 Å². The van der Waals surface area contributed by atoms with Crippen molar-refractivity contribution >= 4 is 11.6 Å². The highest BCUT2D eigenvalue weighted by atomic mass is 19.1. The summed E-state index contributed by atoms with van der Waals surface area (Å²) in [7, 11) is 0. The third kappa shape index (κ3) is 2.21. The van der Waals surface area contributed by atoms with Crippen LogP contribution in [0.3, 0.4) is 0 Å². The monoisotopic (exact) mass is 225 g/mol. The summed E-state index contributed by atoms with van der Waals surface area (Å²) < 4.78 is 26.5. The van der Waals surface area contributed by atoms with Gasteiger partial charge in [-0.3, -0.25) is 4.79 Å². The van der Waals surface area contributed by atoms with Crippen molar-refractivity contribution in [3.05, 3.63) is 29.8 Å². The molecule has 1 fully saturated rings. The molecule has 1 unspecified atom stereocenters. The number of amides is 1. The first-order chi connectivity index (χ1) is 7.59. The minimum atomic E-state index is -0.739. The fourth-order valence-corrected chi connectivity index (χ4v) is 1.66. The average molecular weight is 225 g/mol. The summed E-state index contributed by atoms with van der Waals surface area (Å²) in [4.78, 5) is 11.7. The lowest BCUT2D eigenvalue weighted by molar-refractivity contribution is -0.120. The zero-order chi connectivity index (χ0) is 11.7. The Morgan fingerprint density at radius 1 is 1.38 bits per heavy atom. The van der Waals surface area contributed by atoms with E-state index in [1.807, 2.05) is 0 Å². The number of benzene rings is 1. The minimum absolute atomic E-state index is 0.181. The Morgan fingerprint density at radius 3 is 2.44 bits per heavy atom. The van der Waals surface area contributed by atoms with Gasteiger partial charge >= 0.3 is 0 Å². The lowest BCUT2D eigenvalue weighted by Crippen LogP contribution is -2.23. The van der Waals surface area contributed by atoms with Gasteiger partial charge in [-0.25, -0.2) is 8.78 Å². The molecule has 1 aromatic carbocycles. The van der Waals surface area contributed by atoms with Crippen LogP contribution in [0, 0.1) is 23.5 Å². The van der Waals surface area contributed by atoms with Crippen LogP contribution in [-0.4, -0.2) is 5.91 Å². The van der Waals surface area contributed by atoms with Gasteiger partial charge in [0.05, 0.1) is 0 Å². The van der Waals surface area contributed by atoms with E-state index in [0.717, 1.165) is 25.0 Å². The first kappa shape index (κ1) is 11.0. The van der Waals surface area contributed by atoms with Crippen molar-refractivity contribution in [1.29, 1.82) is 0 Å². The van der Waals surface area contributed by atoms with Crippen LogP contribution in [0.1, 0.15) is 19.8 Å². The van der Waals surface area contributed by atoms with Crippen LogP contribution in [0.15, 0.2) is 18.2 Å². The van der Waals surface area contributed by atoms with Gasteiger partial charge in [-0.05, 0) is 30.9 Å². The number of hydrogen-bond acceptors (Lipinski definition) is 1. The van der Waals surface area contributed by atoms with Crippen LogP contribution < -0.4 is 5.32 Å². The van der Waals surface area contributed by atoms with Crippen LogP contribution in [0.4, 0.5) is 14.5 Å². The zero-order valence-electron chi connectivity index (χ0n) is 8.97. The van der Waals surface area contributed by atoms with Gasteiger partial charge in [-0.1, -0.05) is 13.0 Å². The van der Waals surface area contributed by atoms with E-state index in [1.165, 1.54) is 6.07 Å². The number of anilines is 1. The molecule has 1 aliphatic rings. The molecule has 0 aromatic heterocycles. The van der Waals surface area contributed by atoms with Crippen molar-refractivity contribution in [2.45, 2.75) is 19.8 Å². The summed E-state index contributed by atoms with van der Waals surface area (Å²) in [5.74, 6) is -1.60. The van der Waals surface area contributed by atoms with Gasteiger partial charge < -0.3 is 5.32 Å². The molecule has 4 heteroatoms. The Kier molecular flexibility index (Phi) is 2.90. The summed E-state index contributed by atoms with van der Waals surface area (Å²) in [6.07, 6.45) is 2.04. The lowest BCUT2D eigenvalue weighted by atomic mass is 10.1. The number of hydrogen-bond donors (Lipinski definition) is 1. The van der Waals surface area contributed by atoms with Gasteiger partial charge in [0.15, 0.2) is 0 Å². The molecule has 0 saturated heterocycles. The third-order valence-electron chi connectivity index (χ3n) is 2.95. The molecule has 1 aromatic rings. The molecular formula is C12H13F2NO. The van der Waals surface area contributed by atoms with Crippen LogP contribution in [0.25, 0.3) is 0 Å². The lowest BCUT2D eigenvalue weighted by Gasteiger charge is -2.12. The molecule has 16 heavy (non-hydrogen) atoms. The number of nitrogens with one attached hydrogen (secondary N) is 1. The summed E-state index contributed by atoms with van der Waals surface area (Å²) in [6.45, 7) is 1.78. The largest absolute Gasteiger partial charge is 0.321 e. The smallest absolute Gasteiger partial charge is 0.227 e. The second-order valence-electron chi connectivity index (χ2n) is 4.21. The fraction of sp³-hybridized carbons (Fsp3) is 0.417. The molecule has 0 spiro atoms. The maximum absolute atomic E-state index is 13.2. The highest BCUT2D eigenvalue weighted by Crippen LogP contribution is 2.37. The topological polar surface area (TPSA) is 29.1 Å². The SMILES string of the molecule is CC(C(=O)Nc1c(F)cccc1F)C1CC1. The van der Waals surface area contributed by atoms with E-state index in [-0.39, 0.29) is 17.5 Å². The highest BCUT2D eigenvalue weighted by Gasteiger charge is 2.33. The zero-order valence-corrected chi connectivity index (χ0v) is 8.97. The molecule has 1 aliphatic carbocycles. The fourth-order valence-electron chi connectivity index (χ4n) is 1.66.